The minimum atomic E-state index is 0.0220. The van der Waals surface area contributed by atoms with Gasteiger partial charge in [0.15, 0.2) is 0 Å². The maximum atomic E-state index is 12.1. The van der Waals surface area contributed by atoms with E-state index in [1.807, 2.05) is 17.5 Å². The van der Waals surface area contributed by atoms with E-state index in [4.69, 9.17) is 0 Å². The highest BCUT2D eigenvalue weighted by Gasteiger charge is 2.07. The summed E-state index contributed by atoms with van der Waals surface area (Å²) in [7, 11) is 4.14. The number of aryl methyl sites for hydroxylation is 1. The first-order chi connectivity index (χ1) is 11.6. The molecule has 0 aliphatic rings. The summed E-state index contributed by atoms with van der Waals surface area (Å²) in [5, 5.41) is 6.16. The zero-order valence-corrected chi connectivity index (χ0v) is 14.8. The molecule has 6 heteroatoms. The number of benzene rings is 1. The first kappa shape index (κ1) is 16.7. The van der Waals surface area contributed by atoms with Crippen molar-refractivity contribution < 1.29 is 4.79 Å². The quantitative estimate of drug-likeness (QED) is 0.717. The predicted octanol–water partition coefficient (Wildman–Crippen LogP) is 3.23. The first-order valence-electron chi connectivity index (χ1n) is 8.02. The van der Waals surface area contributed by atoms with Gasteiger partial charge < -0.3 is 14.8 Å². The van der Waals surface area contributed by atoms with Gasteiger partial charge in [0.2, 0.25) is 5.91 Å². The van der Waals surface area contributed by atoms with Gasteiger partial charge in [-0.15, -0.1) is 11.3 Å². The van der Waals surface area contributed by atoms with Crippen LogP contribution in [0.25, 0.3) is 10.9 Å². The standard InChI is InChI=1S/C18H22N4OS/c1-21(2)9-10-22-8-7-14-3-4-15(11-17(14)22)20-18(23)6-5-16-12-24-13-19-16/h3-4,7-8,11-13H,5-6,9-10H2,1-2H3,(H,20,23). The Morgan fingerprint density at radius 3 is 2.96 bits per heavy atom. The molecule has 0 aliphatic heterocycles. The molecule has 3 aromatic rings. The van der Waals surface area contributed by atoms with Crippen LogP contribution < -0.4 is 5.32 Å². The van der Waals surface area contributed by atoms with Crippen molar-refractivity contribution >= 4 is 33.8 Å². The molecule has 126 valence electrons. The van der Waals surface area contributed by atoms with E-state index in [0.717, 1.165) is 30.0 Å². The molecule has 0 atom stereocenters. The summed E-state index contributed by atoms with van der Waals surface area (Å²) in [6, 6.07) is 8.17. The second kappa shape index (κ2) is 7.59. The highest BCUT2D eigenvalue weighted by molar-refractivity contribution is 7.07. The third kappa shape index (κ3) is 4.21. The summed E-state index contributed by atoms with van der Waals surface area (Å²) in [4.78, 5) is 18.5. The van der Waals surface area contributed by atoms with Crippen LogP contribution in [-0.4, -0.2) is 41.0 Å². The number of carbonyl (C=O) groups is 1. The van der Waals surface area contributed by atoms with Crippen LogP contribution in [0.2, 0.25) is 0 Å². The molecule has 0 spiro atoms. The van der Waals surface area contributed by atoms with Crippen LogP contribution in [0.4, 0.5) is 5.69 Å². The highest BCUT2D eigenvalue weighted by atomic mass is 32.1. The van der Waals surface area contributed by atoms with E-state index < -0.39 is 0 Å². The number of thiazole rings is 1. The van der Waals surface area contributed by atoms with Crippen LogP contribution in [0.5, 0.6) is 0 Å². The van der Waals surface area contributed by atoms with Gasteiger partial charge in [-0.25, -0.2) is 4.98 Å². The molecule has 0 aliphatic carbocycles. The highest BCUT2D eigenvalue weighted by Crippen LogP contribution is 2.21. The Morgan fingerprint density at radius 1 is 1.33 bits per heavy atom. The molecular formula is C18H22N4OS. The van der Waals surface area contributed by atoms with Crippen LogP contribution in [0.15, 0.2) is 41.4 Å². The molecule has 0 saturated heterocycles. The molecule has 1 aromatic carbocycles. The Balaban J connectivity index is 1.65. The minimum Gasteiger partial charge on any atom is -0.346 e. The van der Waals surface area contributed by atoms with Crippen molar-refractivity contribution in [1.82, 2.24) is 14.5 Å². The van der Waals surface area contributed by atoms with Crippen LogP contribution in [0, 0.1) is 0 Å². The van der Waals surface area contributed by atoms with E-state index in [2.05, 4.69) is 52.2 Å². The Morgan fingerprint density at radius 2 is 2.21 bits per heavy atom. The number of hydrogen-bond acceptors (Lipinski definition) is 4. The molecule has 0 unspecified atom stereocenters. The number of nitrogens with one attached hydrogen (secondary N) is 1. The summed E-state index contributed by atoms with van der Waals surface area (Å²) in [5.74, 6) is 0.0220. The third-order valence-corrected chi connectivity index (χ3v) is 4.57. The van der Waals surface area contributed by atoms with Crippen molar-refractivity contribution in [2.24, 2.45) is 0 Å². The Hall–Kier alpha value is -2.18. The summed E-state index contributed by atoms with van der Waals surface area (Å²) >= 11 is 1.56. The van der Waals surface area contributed by atoms with E-state index >= 15 is 0 Å². The topological polar surface area (TPSA) is 50.2 Å². The number of nitrogens with zero attached hydrogens (tertiary/aromatic N) is 3. The lowest BCUT2D eigenvalue weighted by Gasteiger charge is -2.12. The molecule has 3 rings (SSSR count). The number of hydrogen-bond donors (Lipinski definition) is 1. The number of rotatable bonds is 7. The summed E-state index contributed by atoms with van der Waals surface area (Å²) < 4.78 is 2.22. The van der Waals surface area contributed by atoms with Crippen molar-refractivity contribution in [3.63, 3.8) is 0 Å². The van der Waals surface area contributed by atoms with Gasteiger partial charge in [-0.05, 0) is 44.1 Å². The Bertz CT molecular complexity index is 808. The van der Waals surface area contributed by atoms with E-state index in [-0.39, 0.29) is 5.91 Å². The number of amides is 1. The van der Waals surface area contributed by atoms with Gasteiger partial charge in [-0.3, -0.25) is 4.79 Å². The van der Waals surface area contributed by atoms with Gasteiger partial charge in [0.05, 0.1) is 16.7 Å². The SMILES string of the molecule is CN(C)CCn1ccc2ccc(NC(=O)CCc3cscn3)cc21. The number of fused-ring (bicyclic) bond motifs is 1. The predicted molar refractivity (Wildman–Crippen MR) is 99.6 cm³/mol. The van der Waals surface area contributed by atoms with Gasteiger partial charge in [-0.2, -0.15) is 0 Å². The van der Waals surface area contributed by atoms with Gasteiger partial charge in [0.25, 0.3) is 0 Å². The third-order valence-electron chi connectivity index (χ3n) is 3.94. The van der Waals surface area contributed by atoms with Gasteiger partial charge in [0.1, 0.15) is 0 Å². The largest absolute Gasteiger partial charge is 0.346 e. The average Bonchev–Trinajstić information content (AvgIpc) is 3.20. The zero-order valence-electron chi connectivity index (χ0n) is 14.0. The van der Waals surface area contributed by atoms with E-state index in [1.165, 1.54) is 5.39 Å². The monoisotopic (exact) mass is 342 g/mol. The first-order valence-corrected chi connectivity index (χ1v) is 8.96. The fourth-order valence-electron chi connectivity index (χ4n) is 2.59. The maximum absolute atomic E-state index is 12.1. The van der Waals surface area contributed by atoms with E-state index in [1.54, 1.807) is 16.8 Å². The molecule has 1 N–H and O–H groups in total. The number of likely N-dealkylation sites (N-methyl/N-ethyl adjacent to an activating group) is 1. The minimum absolute atomic E-state index is 0.0220. The van der Waals surface area contributed by atoms with Crippen molar-refractivity contribution in [3.8, 4) is 0 Å². The average molecular weight is 342 g/mol. The van der Waals surface area contributed by atoms with E-state index in [0.29, 0.717) is 12.8 Å². The normalized spacial score (nSPS) is 11.3. The molecule has 5 nitrogen and oxygen atoms in total. The molecule has 2 aromatic heterocycles. The second-order valence-corrected chi connectivity index (χ2v) is 6.83. The van der Waals surface area contributed by atoms with Crippen LogP contribution >= 0.6 is 11.3 Å². The van der Waals surface area contributed by atoms with E-state index in [9.17, 15) is 4.79 Å². The molecule has 0 saturated carbocycles. The molecule has 0 fully saturated rings. The smallest absolute Gasteiger partial charge is 0.224 e. The molecule has 24 heavy (non-hydrogen) atoms. The Kier molecular flexibility index (Phi) is 5.27. The van der Waals surface area contributed by atoms with Crippen LogP contribution in [0.3, 0.4) is 0 Å². The molecule has 2 heterocycles. The zero-order chi connectivity index (χ0) is 16.9. The Labute approximate surface area is 145 Å². The van der Waals surface area contributed by atoms with Crippen LogP contribution in [0.1, 0.15) is 12.1 Å². The lowest BCUT2D eigenvalue weighted by Crippen LogP contribution is -2.18. The van der Waals surface area contributed by atoms with Crippen molar-refractivity contribution in [1.29, 1.82) is 0 Å². The number of aromatic nitrogens is 2. The lowest BCUT2D eigenvalue weighted by molar-refractivity contribution is -0.116. The molecule has 0 bridgehead atoms. The van der Waals surface area contributed by atoms with Gasteiger partial charge >= 0.3 is 0 Å². The summed E-state index contributed by atoms with van der Waals surface area (Å²) in [6.07, 6.45) is 3.22. The second-order valence-electron chi connectivity index (χ2n) is 6.11. The van der Waals surface area contributed by atoms with Gasteiger partial charge in [-0.1, -0.05) is 6.07 Å². The molecule has 1 amide bonds. The number of anilines is 1. The fourth-order valence-corrected chi connectivity index (χ4v) is 3.18. The van der Waals surface area contributed by atoms with Crippen molar-refractivity contribution in [2.45, 2.75) is 19.4 Å². The van der Waals surface area contributed by atoms with Gasteiger partial charge in [0, 0.05) is 36.8 Å². The van der Waals surface area contributed by atoms with Crippen molar-refractivity contribution in [2.75, 3.05) is 26.0 Å². The lowest BCUT2D eigenvalue weighted by atomic mass is 10.2. The molecular weight excluding hydrogens is 320 g/mol. The molecule has 0 radical (unpaired) electrons. The van der Waals surface area contributed by atoms with Crippen LogP contribution in [-0.2, 0) is 17.8 Å². The fraction of sp³-hybridized carbons (Fsp3) is 0.333. The summed E-state index contributed by atoms with van der Waals surface area (Å²) in [5.41, 5.74) is 4.76. The number of carbonyl (C=O) groups excluding carboxylic acids is 1. The van der Waals surface area contributed by atoms with Crippen molar-refractivity contribution in [3.05, 3.63) is 47.0 Å². The maximum Gasteiger partial charge on any atom is 0.224 e. The summed E-state index contributed by atoms with van der Waals surface area (Å²) in [6.45, 7) is 1.91.